The van der Waals surface area contributed by atoms with Crippen molar-refractivity contribution in [2.75, 3.05) is 6.54 Å². The van der Waals surface area contributed by atoms with Crippen LogP contribution in [0, 0.1) is 0 Å². The molecule has 5 nitrogen and oxygen atoms in total. The van der Waals surface area contributed by atoms with Crippen molar-refractivity contribution in [3.05, 3.63) is 0 Å². The molecular formula is C6H13N3O2. The van der Waals surface area contributed by atoms with Crippen molar-refractivity contribution in [3.63, 3.8) is 0 Å². The zero-order valence-electron chi connectivity index (χ0n) is 6.46. The third-order valence-electron chi connectivity index (χ3n) is 1.18. The number of rotatable bonds is 4. The molecule has 0 saturated carbocycles. The average Bonchev–Trinajstić information content (AvgIpc) is 1.87. The summed E-state index contributed by atoms with van der Waals surface area (Å²) in [5.41, 5.74) is 10.00. The Morgan fingerprint density at radius 3 is 2.45 bits per heavy atom. The van der Waals surface area contributed by atoms with Gasteiger partial charge >= 0.3 is 0 Å². The average molecular weight is 159 g/mol. The number of hydrogen-bond acceptors (Lipinski definition) is 3. The number of carbonyl (C=O) groups is 2. The lowest BCUT2D eigenvalue weighted by molar-refractivity contribution is -0.126. The Morgan fingerprint density at radius 1 is 1.55 bits per heavy atom. The number of carbonyl (C=O) groups excluding carboxylic acids is 2. The van der Waals surface area contributed by atoms with Gasteiger partial charge in [-0.15, -0.1) is 0 Å². The summed E-state index contributed by atoms with van der Waals surface area (Å²) in [7, 11) is 0. The van der Waals surface area contributed by atoms with E-state index in [2.05, 4.69) is 5.32 Å². The van der Waals surface area contributed by atoms with Crippen LogP contribution < -0.4 is 16.8 Å². The number of nitrogens with two attached hydrogens (primary N) is 2. The highest BCUT2D eigenvalue weighted by atomic mass is 16.2. The number of primary amides is 1. The first-order valence-corrected chi connectivity index (χ1v) is 3.36. The summed E-state index contributed by atoms with van der Waals surface area (Å²) in [6.45, 7) is 1.80. The second-order valence-corrected chi connectivity index (χ2v) is 2.23. The van der Waals surface area contributed by atoms with E-state index in [9.17, 15) is 9.59 Å². The molecule has 1 unspecified atom stereocenters. The zero-order chi connectivity index (χ0) is 8.85. The van der Waals surface area contributed by atoms with E-state index in [-0.39, 0.29) is 18.9 Å². The minimum Gasteiger partial charge on any atom is -0.368 e. The summed E-state index contributed by atoms with van der Waals surface area (Å²) in [6, 6.07) is -0.617. The van der Waals surface area contributed by atoms with Gasteiger partial charge in [-0.05, 0) is 6.92 Å². The third-order valence-corrected chi connectivity index (χ3v) is 1.18. The van der Waals surface area contributed by atoms with Gasteiger partial charge < -0.3 is 16.8 Å². The molecule has 0 aliphatic heterocycles. The molecule has 0 radical (unpaired) electrons. The Labute approximate surface area is 65.1 Å². The standard InChI is InChI=1S/C6H13N3O2/c1-4(6(8)11)9-5(10)2-3-7/h4H,2-3,7H2,1H3,(H2,8,11)(H,9,10). The minimum atomic E-state index is -0.617. The molecule has 5 heteroatoms. The van der Waals surface area contributed by atoms with E-state index in [0.717, 1.165) is 0 Å². The Bertz CT molecular complexity index is 158. The van der Waals surface area contributed by atoms with Gasteiger partial charge in [0.1, 0.15) is 6.04 Å². The van der Waals surface area contributed by atoms with Gasteiger partial charge in [0.2, 0.25) is 11.8 Å². The molecule has 0 aromatic heterocycles. The number of hydrogen-bond donors (Lipinski definition) is 3. The normalized spacial score (nSPS) is 12.2. The highest BCUT2D eigenvalue weighted by Gasteiger charge is 2.10. The van der Waals surface area contributed by atoms with Gasteiger partial charge in [0.25, 0.3) is 0 Å². The molecule has 0 saturated heterocycles. The molecule has 0 heterocycles. The van der Waals surface area contributed by atoms with Gasteiger partial charge in [-0.25, -0.2) is 0 Å². The van der Waals surface area contributed by atoms with Gasteiger partial charge in [0, 0.05) is 13.0 Å². The maximum absolute atomic E-state index is 10.8. The van der Waals surface area contributed by atoms with Crippen LogP contribution in [0.5, 0.6) is 0 Å². The van der Waals surface area contributed by atoms with Crippen molar-refractivity contribution in [2.45, 2.75) is 19.4 Å². The first-order valence-electron chi connectivity index (χ1n) is 3.36. The Balaban J connectivity index is 3.66. The second kappa shape index (κ2) is 4.68. The lowest BCUT2D eigenvalue weighted by Crippen LogP contribution is -2.42. The minimum absolute atomic E-state index is 0.220. The number of amides is 2. The van der Waals surface area contributed by atoms with Crippen LogP contribution in [-0.2, 0) is 9.59 Å². The van der Waals surface area contributed by atoms with E-state index in [1.54, 1.807) is 0 Å². The van der Waals surface area contributed by atoms with E-state index in [4.69, 9.17) is 11.5 Å². The van der Waals surface area contributed by atoms with Crippen molar-refractivity contribution in [1.29, 1.82) is 0 Å². The summed E-state index contributed by atoms with van der Waals surface area (Å²) >= 11 is 0. The molecule has 0 rings (SSSR count). The topological polar surface area (TPSA) is 98.2 Å². The highest BCUT2D eigenvalue weighted by Crippen LogP contribution is 1.81. The Kier molecular flexibility index (Phi) is 4.21. The molecule has 5 N–H and O–H groups in total. The monoisotopic (exact) mass is 159 g/mol. The third kappa shape index (κ3) is 4.32. The fourth-order valence-corrected chi connectivity index (χ4v) is 0.516. The van der Waals surface area contributed by atoms with E-state index in [0.29, 0.717) is 0 Å². The second-order valence-electron chi connectivity index (χ2n) is 2.23. The Hall–Kier alpha value is -1.10. The van der Waals surface area contributed by atoms with Crippen LogP contribution in [-0.4, -0.2) is 24.4 Å². The van der Waals surface area contributed by atoms with Crippen LogP contribution in [0.2, 0.25) is 0 Å². The van der Waals surface area contributed by atoms with Crippen LogP contribution in [0.3, 0.4) is 0 Å². The van der Waals surface area contributed by atoms with Crippen LogP contribution in [0.25, 0.3) is 0 Å². The lowest BCUT2D eigenvalue weighted by atomic mass is 10.3. The van der Waals surface area contributed by atoms with Crippen molar-refractivity contribution in [2.24, 2.45) is 11.5 Å². The van der Waals surface area contributed by atoms with Crippen molar-refractivity contribution < 1.29 is 9.59 Å². The summed E-state index contributed by atoms with van der Waals surface area (Å²) in [5.74, 6) is -0.797. The van der Waals surface area contributed by atoms with E-state index >= 15 is 0 Å². The first kappa shape index (κ1) is 9.90. The molecular weight excluding hydrogens is 146 g/mol. The van der Waals surface area contributed by atoms with Gasteiger partial charge in [0.05, 0.1) is 0 Å². The fraction of sp³-hybridized carbons (Fsp3) is 0.667. The summed E-state index contributed by atoms with van der Waals surface area (Å²) in [5, 5.41) is 2.39. The first-order chi connectivity index (χ1) is 5.07. The van der Waals surface area contributed by atoms with Crippen molar-refractivity contribution in [1.82, 2.24) is 5.32 Å². The molecule has 0 aromatic carbocycles. The van der Waals surface area contributed by atoms with Crippen LogP contribution >= 0.6 is 0 Å². The molecule has 0 aromatic rings. The molecule has 0 fully saturated rings. The predicted molar refractivity (Wildman–Crippen MR) is 40.5 cm³/mol. The maximum Gasteiger partial charge on any atom is 0.239 e. The molecule has 0 spiro atoms. The SMILES string of the molecule is CC(NC(=O)CCN)C(N)=O. The molecule has 0 aliphatic rings. The van der Waals surface area contributed by atoms with Gasteiger partial charge in [-0.1, -0.05) is 0 Å². The van der Waals surface area contributed by atoms with Gasteiger partial charge in [-0.3, -0.25) is 9.59 Å². The molecule has 2 amide bonds. The molecule has 1 atom stereocenters. The van der Waals surface area contributed by atoms with E-state index < -0.39 is 11.9 Å². The summed E-state index contributed by atoms with van der Waals surface area (Å²) in [4.78, 5) is 21.2. The summed E-state index contributed by atoms with van der Waals surface area (Å²) in [6.07, 6.45) is 0.220. The largest absolute Gasteiger partial charge is 0.368 e. The fourth-order valence-electron chi connectivity index (χ4n) is 0.516. The molecule has 11 heavy (non-hydrogen) atoms. The zero-order valence-corrected chi connectivity index (χ0v) is 6.46. The summed E-state index contributed by atoms with van der Waals surface area (Å²) < 4.78 is 0. The highest BCUT2D eigenvalue weighted by molar-refractivity contribution is 5.86. The van der Waals surface area contributed by atoms with Crippen molar-refractivity contribution >= 4 is 11.8 Å². The smallest absolute Gasteiger partial charge is 0.239 e. The van der Waals surface area contributed by atoms with Crippen LogP contribution in [0.15, 0.2) is 0 Å². The molecule has 64 valence electrons. The Morgan fingerprint density at radius 2 is 2.09 bits per heavy atom. The predicted octanol–water partition coefficient (Wildman–Crippen LogP) is -1.67. The molecule has 0 bridgehead atoms. The van der Waals surface area contributed by atoms with Crippen LogP contribution in [0.4, 0.5) is 0 Å². The van der Waals surface area contributed by atoms with Crippen molar-refractivity contribution in [3.8, 4) is 0 Å². The van der Waals surface area contributed by atoms with E-state index in [1.165, 1.54) is 6.92 Å². The van der Waals surface area contributed by atoms with E-state index in [1.807, 2.05) is 0 Å². The maximum atomic E-state index is 10.8. The number of nitrogens with one attached hydrogen (secondary N) is 1. The molecule has 0 aliphatic carbocycles. The van der Waals surface area contributed by atoms with Crippen LogP contribution in [0.1, 0.15) is 13.3 Å². The lowest BCUT2D eigenvalue weighted by Gasteiger charge is -2.08. The quantitative estimate of drug-likeness (QED) is 0.457. The van der Waals surface area contributed by atoms with Gasteiger partial charge in [0.15, 0.2) is 0 Å². The van der Waals surface area contributed by atoms with Gasteiger partial charge in [-0.2, -0.15) is 0 Å².